The molecule has 2 atom stereocenters. The van der Waals surface area contributed by atoms with Crippen LogP contribution in [0.15, 0.2) is 0 Å². The Labute approximate surface area is 97.4 Å². The molecule has 1 saturated heterocycles. The van der Waals surface area contributed by atoms with E-state index in [-0.39, 0.29) is 5.79 Å². The van der Waals surface area contributed by atoms with Crippen molar-refractivity contribution in [1.82, 2.24) is 0 Å². The maximum atomic E-state index is 6.17. The Morgan fingerprint density at radius 3 is 2.56 bits per heavy atom. The number of hydrogen-bond donors (Lipinski definition) is 0. The molecule has 0 aromatic rings. The zero-order chi connectivity index (χ0) is 11.2. The number of rotatable bonds is 1. The lowest BCUT2D eigenvalue weighted by molar-refractivity contribution is -0.372. The summed E-state index contributed by atoms with van der Waals surface area (Å²) in [5, 5.41) is 0. The Bertz CT molecular complexity index is 272. The van der Waals surface area contributed by atoms with E-state index in [9.17, 15) is 0 Å². The number of ether oxygens (including phenoxy) is 1. The van der Waals surface area contributed by atoms with Gasteiger partial charge >= 0.3 is 0 Å². The summed E-state index contributed by atoms with van der Waals surface area (Å²) in [6, 6.07) is 0. The van der Waals surface area contributed by atoms with Gasteiger partial charge in [0.1, 0.15) is 0 Å². The molecule has 16 heavy (non-hydrogen) atoms. The molecule has 3 aliphatic rings. The minimum Gasteiger partial charge on any atom is -0.312 e. The molecule has 2 aliphatic carbocycles. The molecule has 2 unspecified atom stereocenters. The third kappa shape index (κ3) is 1.69. The molecular formula is C13H22O3. The van der Waals surface area contributed by atoms with Crippen molar-refractivity contribution in [3.8, 4) is 0 Å². The molecule has 0 amide bonds. The van der Waals surface area contributed by atoms with E-state index in [1.54, 1.807) is 0 Å². The molecule has 3 nitrogen and oxygen atoms in total. The van der Waals surface area contributed by atoms with Crippen LogP contribution in [0.4, 0.5) is 0 Å². The highest BCUT2D eigenvalue weighted by Crippen LogP contribution is 2.54. The van der Waals surface area contributed by atoms with Crippen LogP contribution in [0.1, 0.15) is 58.8 Å². The lowest BCUT2D eigenvalue weighted by Gasteiger charge is -2.42. The van der Waals surface area contributed by atoms with Crippen molar-refractivity contribution in [3.05, 3.63) is 0 Å². The Morgan fingerprint density at radius 2 is 1.88 bits per heavy atom. The van der Waals surface area contributed by atoms with Gasteiger partial charge in [-0.05, 0) is 18.3 Å². The topological polar surface area (TPSA) is 27.7 Å². The first-order chi connectivity index (χ1) is 7.65. The quantitative estimate of drug-likeness (QED) is 0.641. The van der Waals surface area contributed by atoms with Gasteiger partial charge in [-0.3, -0.25) is 0 Å². The molecule has 3 heteroatoms. The second-order valence-electron chi connectivity index (χ2n) is 5.97. The Balaban J connectivity index is 1.64. The molecule has 0 bridgehead atoms. The maximum Gasteiger partial charge on any atom is 0.205 e. The first-order valence-corrected chi connectivity index (χ1v) is 6.72. The largest absolute Gasteiger partial charge is 0.312 e. The average Bonchev–Trinajstić information content (AvgIpc) is 2.55. The fourth-order valence-electron chi connectivity index (χ4n) is 3.41. The van der Waals surface area contributed by atoms with Crippen LogP contribution in [0.5, 0.6) is 0 Å². The van der Waals surface area contributed by atoms with Gasteiger partial charge in [0.05, 0.1) is 0 Å². The minimum atomic E-state index is -0.406. The predicted octanol–water partition coefficient (Wildman–Crippen LogP) is 3.39. The van der Waals surface area contributed by atoms with Gasteiger partial charge in [0.25, 0.3) is 0 Å². The van der Waals surface area contributed by atoms with E-state index in [0.717, 1.165) is 31.6 Å². The van der Waals surface area contributed by atoms with Crippen LogP contribution < -0.4 is 0 Å². The molecule has 3 fully saturated rings. The van der Waals surface area contributed by atoms with Crippen LogP contribution in [0, 0.1) is 11.8 Å². The molecule has 3 rings (SSSR count). The summed E-state index contributed by atoms with van der Waals surface area (Å²) in [7, 11) is 0. The molecule has 1 heterocycles. The summed E-state index contributed by atoms with van der Waals surface area (Å²) in [5.41, 5.74) is 0. The third-order valence-corrected chi connectivity index (χ3v) is 4.41. The van der Waals surface area contributed by atoms with E-state index >= 15 is 0 Å². The molecule has 2 saturated carbocycles. The van der Waals surface area contributed by atoms with Gasteiger partial charge in [-0.25, -0.2) is 0 Å². The van der Waals surface area contributed by atoms with Gasteiger partial charge in [-0.1, -0.05) is 26.7 Å². The van der Waals surface area contributed by atoms with Crippen molar-refractivity contribution < 1.29 is 14.5 Å². The van der Waals surface area contributed by atoms with E-state index in [2.05, 4.69) is 13.8 Å². The molecule has 92 valence electrons. The van der Waals surface area contributed by atoms with Gasteiger partial charge in [-0.15, -0.1) is 0 Å². The normalized spacial score (nSPS) is 52.1. The second-order valence-corrected chi connectivity index (χ2v) is 5.97. The highest BCUT2D eigenvalue weighted by Gasteiger charge is 2.59. The standard InChI is InChI=1S/C13H22O3/c1-3-11-8-13(9-11)14-12(15-16-13)6-4-5-10(2)7-12/h10-11H,3-9H2,1-2H3. The van der Waals surface area contributed by atoms with Crippen molar-refractivity contribution in [2.45, 2.75) is 70.4 Å². The third-order valence-electron chi connectivity index (χ3n) is 4.41. The minimum absolute atomic E-state index is 0.377. The highest BCUT2D eigenvalue weighted by atomic mass is 17.3. The Kier molecular flexibility index (Phi) is 2.54. The van der Waals surface area contributed by atoms with Crippen molar-refractivity contribution in [1.29, 1.82) is 0 Å². The maximum absolute atomic E-state index is 6.17. The van der Waals surface area contributed by atoms with Crippen molar-refractivity contribution in [2.75, 3.05) is 0 Å². The van der Waals surface area contributed by atoms with Crippen LogP contribution in [-0.2, 0) is 14.5 Å². The van der Waals surface area contributed by atoms with Crippen LogP contribution in [0.25, 0.3) is 0 Å². The summed E-state index contributed by atoms with van der Waals surface area (Å²) < 4.78 is 6.17. The summed E-state index contributed by atoms with van der Waals surface area (Å²) in [6.07, 6.45) is 7.72. The lowest BCUT2D eigenvalue weighted by Crippen LogP contribution is -2.47. The summed E-state index contributed by atoms with van der Waals surface area (Å²) >= 11 is 0. The van der Waals surface area contributed by atoms with Gasteiger partial charge in [0.2, 0.25) is 11.6 Å². The zero-order valence-electron chi connectivity index (χ0n) is 10.3. The smallest absolute Gasteiger partial charge is 0.205 e. The van der Waals surface area contributed by atoms with Crippen molar-refractivity contribution in [3.63, 3.8) is 0 Å². The van der Waals surface area contributed by atoms with Crippen molar-refractivity contribution >= 4 is 0 Å². The van der Waals surface area contributed by atoms with E-state index in [1.165, 1.54) is 19.3 Å². The fourth-order valence-corrected chi connectivity index (χ4v) is 3.41. The number of hydrogen-bond acceptors (Lipinski definition) is 3. The van der Waals surface area contributed by atoms with Gasteiger partial charge in [0.15, 0.2) is 0 Å². The van der Waals surface area contributed by atoms with Gasteiger partial charge < -0.3 is 4.74 Å². The zero-order valence-corrected chi connectivity index (χ0v) is 10.3. The molecule has 2 spiro atoms. The average molecular weight is 226 g/mol. The fraction of sp³-hybridized carbons (Fsp3) is 1.00. The Morgan fingerprint density at radius 1 is 1.12 bits per heavy atom. The second kappa shape index (κ2) is 3.69. The first kappa shape index (κ1) is 11.0. The van der Waals surface area contributed by atoms with E-state index in [4.69, 9.17) is 14.5 Å². The summed E-state index contributed by atoms with van der Waals surface area (Å²) in [4.78, 5) is 11.1. The first-order valence-electron chi connectivity index (χ1n) is 6.72. The van der Waals surface area contributed by atoms with E-state index in [0.29, 0.717) is 5.92 Å². The summed E-state index contributed by atoms with van der Waals surface area (Å²) in [6.45, 7) is 4.50. The highest BCUT2D eigenvalue weighted by molar-refractivity contribution is 4.93. The van der Waals surface area contributed by atoms with Gasteiger partial charge in [-0.2, -0.15) is 9.78 Å². The van der Waals surface area contributed by atoms with Crippen molar-refractivity contribution in [2.24, 2.45) is 11.8 Å². The molecule has 0 N–H and O–H groups in total. The molecule has 1 aliphatic heterocycles. The van der Waals surface area contributed by atoms with Crippen LogP contribution in [-0.4, -0.2) is 11.6 Å². The molecule has 0 radical (unpaired) electrons. The summed E-state index contributed by atoms with van der Waals surface area (Å²) in [5.74, 6) is 0.669. The van der Waals surface area contributed by atoms with Crippen LogP contribution in [0.2, 0.25) is 0 Å². The SMILES string of the molecule is CCC1CC2(C1)OOC1(CCCC(C)C1)O2. The Hall–Kier alpha value is -0.120. The van der Waals surface area contributed by atoms with Gasteiger partial charge in [0, 0.05) is 25.7 Å². The predicted molar refractivity (Wildman–Crippen MR) is 59.4 cm³/mol. The van der Waals surface area contributed by atoms with E-state index < -0.39 is 5.79 Å². The molecule has 0 aromatic carbocycles. The molecule has 0 aromatic heterocycles. The van der Waals surface area contributed by atoms with Crippen LogP contribution in [0.3, 0.4) is 0 Å². The monoisotopic (exact) mass is 226 g/mol. The van der Waals surface area contributed by atoms with E-state index in [1.807, 2.05) is 0 Å². The lowest BCUT2D eigenvalue weighted by atomic mass is 9.77. The van der Waals surface area contributed by atoms with Crippen LogP contribution >= 0.6 is 0 Å². The molecular weight excluding hydrogens is 204 g/mol.